The molecular formula is C28H30ClFN2O3. The minimum atomic E-state index is -0.741. The van der Waals surface area contributed by atoms with Crippen LogP contribution < -0.4 is 10.1 Å². The number of carbonyl (C=O) groups excluding carboxylic acids is 2. The molecule has 0 unspecified atom stereocenters. The zero-order chi connectivity index (χ0) is 25.0. The SMILES string of the molecule is CCCCNC(=O)[C@H](Cc1ccccc1)N(Cc1ccc(Cl)cc1)C(=O)COc1ccc(F)cc1. The average molecular weight is 497 g/mol. The van der Waals surface area contributed by atoms with Crippen LogP contribution in [-0.2, 0) is 22.6 Å². The predicted molar refractivity (Wildman–Crippen MR) is 136 cm³/mol. The molecule has 0 aliphatic heterocycles. The molecule has 0 aliphatic rings. The minimum absolute atomic E-state index is 0.210. The molecule has 0 radical (unpaired) electrons. The third-order valence-corrected chi connectivity index (χ3v) is 5.79. The number of unbranched alkanes of at least 4 members (excludes halogenated alkanes) is 1. The van der Waals surface area contributed by atoms with Crippen molar-refractivity contribution in [2.75, 3.05) is 13.2 Å². The maximum Gasteiger partial charge on any atom is 0.261 e. The largest absolute Gasteiger partial charge is 0.484 e. The van der Waals surface area contributed by atoms with E-state index in [-0.39, 0.29) is 30.8 Å². The lowest BCUT2D eigenvalue weighted by atomic mass is 10.0. The van der Waals surface area contributed by atoms with Crippen LogP contribution in [0.3, 0.4) is 0 Å². The maximum atomic E-state index is 13.4. The van der Waals surface area contributed by atoms with Crippen LogP contribution >= 0.6 is 11.6 Å². The zero-order valence-electron chi connectivity index (χ0n) is 19.8. The van der Waals surface area contributed by atoms with Gasteiger partial charge in [-0.25, -0.2) is 4.39 Å². The maximum absolute atomic E-state index is 13.4. The summed E-state index contributed by atoms with van der Waals surface area (Å²) in [6, 6.07) is 21.5. The van der Waals surface area contributed by atoms with Gasteiger partial charge in [0.15, 0.2) is 6.61 Å². The molecule has 184 valence electrons. The lowest BCUT2D eigenvalue weighted by Crippen LogP contribution is -2.51. The van der Waals surface area contributed by atoms with Crippen molar-refractivity contribution in [3.8, 4) is 5.75 Å². The Morgan fingerprint density at radius 2 is 1.66 bits per heavy atom. The zero-order valence-corrected chi connectivity index (χ0v) is 20.5. The summed E-state index contributed by atoms with van der Waals surface area (Å²) in [4.78, 5) is 28.3. The summed E-state index contributed by atoms with van der Waals surface area (Å²) < 4.78 is 18.9. The number of hydrogen-bond donors (Lipinski definition) is 1. The Morgan fingerprint density at radius 3 is 2.31 bits per heavy atom. The van der Waals surface area contributed by atoms with E-state index in [9.17, 15) is 14.0 Å². The minimum Gasteiger partial charge on any atom is -0.484 e. The van der Waals surface area contributed by atoms with Crippen molar-refractivity contribution in [1.82, 2.24) is 10.2 Å². The molecule has 7 heteroatoms. The summed E-state index contributed by atoms with van der Waals surface area (Å²) in [6.07, 6.45) is 2.15. The van der Waals surface area contributed by atoms with Gasteiger partial charge in [0.1, 0.15) is 17.6 Å². The first kappa shape index (κ1) is 26.2. The lowest BCUT2D eigenvalue weighted by molar-refractivity contribution is -0.142. The predicted octanol–water partition coefficient (Wildman–Crippen LogP) is 5.41. The molecule has 0 spiro atoms. The highest BCUT2D eigenvalue weighted by molar-refractivity contribution is 6.30. The van der Waals surface area contributed by atoms with Crippen molar-refractivity contribution in [2.24, 2.45) is 0 Å². The van der Waals surface area contributed by atoms with Crippen molar-refractivity contribution < 1.29 is 18.7 Å². The Kier molecular flexibility index (Phi) is 10.1. The summed E-state index contributed by atoms with van der Waals surface area (Å²) >= 11 is 6.04. The fraction of sp³-hybridized carbons (Fsp3) is 0.286. The van der Waals surface area contributed by atoms with E-state index in [1.165, 1.54) is 24.3 Å². The van der Waals surface area contributed by atoms with E-state index < -0.39 is 6.04 Å². The molecule has 1 atom stereocenters. The highest BCUT2D eigenvalue weighted by Gasteiger charge is 2.30. The Bertz CT molecular complexity index is 1080. The van der Waals surface area contributed by atoms with Crippen molar-refractivity contribution in [2.45, 2.75) is 38.8 Å². The van der Waals surface area contributed by atoms with E-state index in [4.69, 9.17) is 16.3 Å². The van der Waals surface area contributed by atoms with Crippen LogP contribution in [0.2, 0.25) is 5.02 Å². The van der Waals surface area contributed by atoms with Crippen molar-refractivity contribution >= 4 is 23.4 Å². The van der Waals surface area contributed by atoms with Gasteiger partial charge in [-0.2, -0.15) is 0 Å². The summed E-state index contributed by atoms with van der Waals surface area (Å²) in [5.74, 6) is -0.583. The fourth-order valence-electron chi connectivity index (χ4n) is 3.61. The van der Waals surface area contributed by atoms with E-state index in [1.807, 2.05) is 42.5 Å². The van der Waals surface area contributed by atoms with Crippen LogP contribution in [0.1, 0.15) is 30.9 Å². The van der Waals surface area contributed by atoms with Crippen LogP contribution in [0.15, 0.2) is 78.9 Å². The number of benzene rings is 3. The molecule has 0 aromatic heterocycles. The molecule has 0 saturated carbocycles. The van der Waals surface area contributed by atoms with Gasteiger partial charge in [0, 0.05) is 24.5 Å². The molecule has 35 heavy (non-hydrogen) atoms. The molecule has 3 rings (SSSR count). The first-order chi connectivity index (χ1) is 17.0. The van der Waals surface area contributed by atoms with Crippen LogP contribution in [-0.4, -0.2) is 35.9 Å². The summed E-state index contributed by atoms with van der Waals surface area (Å²) in [7, 11) is 0. The highest BCUT2D eigenvalue weighted by Crippen LogP contribution is 2.18. The first-order valence-corrected chi connectivity index (χ1v) is 12.1. The van der Waals surface area contributed by atoms with E-state index in [2.05, 4.69) is 12.2 Å². The second-order valence-electron chi connectivity index (χ2n) is 8.24. The molecule has 5 nitrogen and oxygen atoms in total. The molecule has 0 aliphatic carbocycles. The van der Waals surface area contributed by atoms with Gasteiger partial charge in [-0.3, -0.25) is 9.59 Å². The third kappa shape index (κ3) is 8.41. The van der Waals surface area contributed by atoms with Gasteiger partial charge in [0.25, 0.3) is 5.91 Å². The summed E-state index contributed by atoms with van der Waals surface area (Å²) in [6.45, 7) is 2.51. The van der Waals surface area contributed by atoms with Gasteiger partial charge in [0.05, 0.1) is 0 Å². The highest BCUT2D eigenvalue weighted by atomic mass is 35.5. The second-order valence-corrected chi connectivity index (χ2v) is 8.68. The molecule has 0 bridgehead atoms. The van der Waals surface area contributed by atoms with Gasteiger partial charge < -0.3 is 15.0 Å². The number of nitrogens with zero attached hydrogens (tertiary/aromatic N) is 1. The lowest BCUT2D eigenvalue weighted by Gasteiger charge is -2.31. The van der Waals surface area contributed by atoms with Crippen LogP contribution in [0, 0.1) is 5.82 Å². The molecule has 0 saturated heterocycles. The number of halogens is 2. The van der Waals surface area contributed by atoms with E-state index >= 15 is 0 Å². The molecule has 0 fully saturated rings. The second kappa shape index (κ2) is 13.5. The Labute approximate surface area is 210 Å². The smallest absolute Gasteiger partial charge is 0.261 e. The normalized spacial score (nSPS) is 11.5. The van der Waals surface area contributed by atoms with Gasteiger partial charge in [-0.05, 0) is 53.9 Å². The van der Waals surface area contributed by atoms with Crippen molar-refractivity contribution in [3.63, 3.8) is 0 Å². The monoisotopic (exact) mass is 496 g/mol. The summed E-state index contributed by atoms with van der Waals surface area (Å²) in [5, 5.41) is 3.57. The van der Waals surface area contributed by atoms with E-state index in [1.54, 1.807) is 17.0 Å². The Balaban J connectivity index is 1.86. The first-order valence-electron chi connectivity index (χ1n) is 11.7. The van der Waals surface area contributed by atoms with Gasteiger partial charge in [0.2, 0.25) is 5.91 Å². The number of ether oxygens (including phenoxy) is 1. The molecule has 1 N–H and O–H groups in total. The average Bonchev–Trinajstić information content (AvgIpc) is 2.87. The molecule has 0 heterocycles. The number of carbonyl (C=O) groups is 2. The van der Waals surface area contributed by atoms with E-state index in [0.29, 0.717) is 23.7 Å². The number of hydrogen-bond acceptors (Lipinski definition) is 3. The van der Waals surface area contributed by atoms with Gasteiger partial charge >= 0.3 is 0 Å². The molecule has 2 amide bonds. The van der Waals surface area contributed by atoms with Crippen molar-refractivity contribution in [3.05, 3.63) is 101 Å². The van der Waals surface area contributed by atoms with Crippen molar-refractivity contribution in [1.29, 1.82) is 0 Å². The van der Waals surface area contributed by atoms with Crippen LogP contribution in [0.25, 0.3) is 0 Å². The van der Waals surface area contributed by atoms with Crippen LogP contribution in [0.4, 0.5) is 4.39 Å². The third-order valence-electron chi connectivity index (χ3n) is 5.54. The Hall–Kier alpha value is -3.38. The molecule has 3 aromatic carbocycles. The van der Waals surface area contributed by atoms with Crippen LogP contribution in [0.5, 0.6) is 5.75 Å². The van der Waals surface area contributed by atoms with E-state index in [0.717, 1.165) is 24.0 Å². The van der Waals surface area contributed by atoms with Gasteiger partial charge in [-0.1, -0.05) is 67.4 Å². The molecule has 3 aromatic rings. The fourth-order valence-corrected chi connectivity index (χ4v) is 3.73. The quantitative estimate of drug-likeness (QED) is 0.341. The molecular weight excluding hydrogens is 467 g/mol. The Morgan fingerprint density at radius 1 is 0.971 bits per heavy atom. The number of amides is 2. The standard InChI is InChI=1S/C28H30ClFN2O3/c1-2-3-17-31-28(34)26(18-21-7-5-4-6-8-21)32(19-22-9-11-23(29)12-10-22)27(33)20-35-25-15-13-24(30)14-16-25/h4-16,26H,2-3,17-20H2,1H3,(H,31,34)/t26-/m0/s1. The topological polar surface area (TPSA) is 58.6 Å². The number of rotatable bonds is 12. The van der Waals surface area contributed by atoms with Gasteiger partial charge in [-0.15, -0.1) is 0 Å². The summed E-state index contributed by atoms with van der Waals surface area (Å²) in [5.41, 5.74) is 1.78. The number of nitrogens with one attached hydrogen (secondary N) is 1.